The number of nitrogens with one attached hydrogen (secondary N) is 1. The van der Waals surface area contributed by atoms with Gasteiger partial charge in [0.2, 0.25) is 0 Å². The molecule has 0 saturated carbocycles. The van der Waals surface area contributed by atoms with Crippen LogP contribution in [0.15, 0.2) is 4.99 Å². The SMILES string of the molecule is C=Nc1c(I)c(C(=O)NCC(=O)O)c(I)c(N(C)C)c1I. The van der Waals surface area contributed by atoms with Crippen LogP contribution in [0, 0.1) is 10.7 Å². The number of carbonyl (C=O) groups excluding carboxylic acids is 1. The van der Waals surface area contributed by atoms with Gasteiger partial charge in [0, 0.05) is 14.1 Å². The van der Waals surface area contributed by atoms with Gasteiger partial charge in [0.05, 0.1) is 27.6 Å². The molecular weight excluding hydrogens is 615 g/mol. The summed E-state index contributed by atoms with van der Waals surface area (Å²) in [6, 6.07) is 0. The van der Waals surface area contributed by atoms with Crippen LogP contribution >= 0.6 is 67.8 Å². The first-order chi connectivity index (χ1) is 9.72. The van der Waals surface area contributed by atoms with Gasteiger partial charge < -0.3 is 15.3 Å². The van der Waals surface area contributed by atoms with Crippen molar-refractivity contribution in [2.75, 3.05) is 25.5 Å². The van der Waals surface area contributed by atoms with E-state index in [1.807, 2.05) is 41.6 Å². The average molecular weight is 627 g/mol. The Bertz CT molecular complexity index is 618. The summed E-state index contributed by atoms with van der Waals surface area (Å²) in [5.74, 6) is -1.52. The minimum atomic E-state index is -1.09. The maximum absolute atomic E-state index is 12.3. The van der Waals surface area contributed by atoms with Crippen molar-refractivity contribution in [2.24, 2.45) is 4.99 Å². The molecule has 0 aliphatic carbocycles. The van der Waals surface area contributed by atoms with Gasteiger partial charge in [-0.15, -0.1) is 0 Å². The fourth-order valence-corrected chi connectivity index (χ4v) is 6.58. The Balaban J connectivity index is 3.51. The van der Waals surface area contributed by atoms with Crippen molar-refractivity contribution in [3.05, 3.63) is 16.3 Å². The third kappa shape index (κ3) is 4.18. The molecule has 0 saturated heterocycles. The first-order valence-electron chi connectivity index (χ1n) is 5.56. The number of nitrogens with zero attached hydrogens (tertiary/aromatic N) is 2. The molecule has 0 bridgehead atoms. The lowest BCUT2D eigenvalue weighted by Crippen LogP contribution is -2.31. The van der Waals surface area contributed by atoms with Crippen LogP contribution < -0.4 is 10.2 Å². The van der Waals surface area contributed by atoms with E-state index in [9.17, 15) is 9.59 Å². The van der Waals surface area contributed by atoms with Gasteiger partial charge in [-0.05, 0) is 74.5 Å². The zero-order valence-electron chi connectivity index (χ0n) is 11.2. The maximum Gasteiger partial charge on any atom is 0.322 e. The molecule has 6 nitrogen and oxygen atoms in total. The summed E-state index contributed by atoms with van der Waals surface area (Å²) in [5.41, 5.74) is 1.91. The van der Waals surface area contributed by atoms with E-state index in [0.29, 0.717) is 14.8 Å². The summed E-state index contributed by atoms with van der Waals surface area (Å²) in [5, 5.41) is 11.1. The van der Waals surface area contributed by atoms with E-state index < -0.39 is 18.4 Å². The van der Waals surface area contributed by atoms with Crippen LogP contribution in [0.4, 0.5) is 11.4 Å². The number of amides is 1. The van der Waals surface area contributed by atoms with E-state index in [0.717, 1.165) is 12.8 Å². The van der Waals surface area contributed by atoms with Crippen molar-refractivity contribution in [2.45, 2.75) is 0 Å². The van der Waals surface area contributed by atoms with E-state index in [-0.39, 0.29) is 0 Å². The number of hydrogen-bond donors (Lipinski definition) is 2. The summed E-state index contributed by atoms with van der Waals surface area (Å²) < 4.78 is 2.31. The van der Waals surface area contributed by atoms with E-state index in [1.54, 1.807) is 0 Å². The van der Waals surface area contributed by atoms with Gasteiger partial charge in [0.1, 0.15) is 6.54 Å². The summed E-state index contributed by atoms with van der Waals surface area (Å²) in [6.07, 6.45) is 0. The number of anilines is 1. The van der Waals surface area contributed by atoms with Crippen molar-refractivity contribution < 1.29 is 14.7 Å². The molecule has 1 rings (SSSR count). The molecule has 9 heteroatoms. The van der Waals surface area contributed by atoms with E-state index >= 15 is 0 Å². The molecule has 0 heterocycles. The molecule has 0 aromatic heterocycles. The van der Waals surface area contributed by atoms with Crippen LogP contribution in [0.3, 0.4) is 0 Å². The maximum atomic E-state index is 12.3. The number of carboxylic acids is 1. The van der Waals surface area contributed by atoms with E-state index in [2.05, 4.69) is 62.2 Å². The molecule has 0 atom stereocenters. The number of carbonyl (C=O) groups is 2. The number of hydrogen-bond acceptors (Lipinski definition) is 4. The standard InChI is InChI=1S/C12H12I3N3O3/c1-16-10-7(13)6(12(21)17-4-5(19)20)8(14)11(9(10)15)18(2)3/h1,4H2,2-3H3,(H,17,21)(H,19,20). The molecule has 114 valence electrons. The van der Waals surface area contributed by atoms with Gasteiger partial charge in [-0.2, -0.15) is 0 Å². The van der Waals surface area contributed by atoms with Crippen LogP contribution in [0.1, 0.15) is 10.4 Å². The van der Waals surface area contributed by atoms with Crippen molar-refractivity contribution in [1.29, 1.82) is 0 Å². The lowest BCUT2D eigenvalue weighted by Gasteiger charge is -2.22. The number of carboxylic acid groups (broad SMARTS) is 1. The second kappa shape index (κ2) is 7.89. The number of rotatable bonds is 5. The number of halogens is 3. The fraction of sp³-hybridized carbons (Fsp3) is 0.250. The lowest BCUT2D eigenvalue weighted by atomic mass is 10.1. The normalized spacial score (nSPS) is 10.1. The summed E-state index contributed by atoms with van der Waals surface area (Å²) in [6.45, 7) is 3.13. The number of aliphatic carboxylic acids is 1. The summed E-state index contributed by atoms with van der Waals surface area (Å²) >= 11 is 6.29. The molecule has 0 fully saturated rings. The molecule has 21 heavy (non-hydrogen) atoms. The van der Waals surface area contributed by atoms with Crippen LogP contribution in [0.2, 0.25) is 0 Å². The topological polar surface area (TPSA) is 82.0 Å². The quantitative estimate of drug-likeness (QED) is 0.389. The molecule has 0 aliphatic rings. The Kier molecular flexibility index (Phi) is 7.09. The third-order valence-corrected chi connectivity index (χ3v) is 5.63. The minimum Gasteiger partial charge on any atom is -0.480 e. The fourth-order valence-electron chi connectivity index (χ4n) is 1.61. The Morgan fingerprint density at radius 1 is 1.24 bits per heavy atom. The largest absolute Gasteiger partial charge is 0.480 e. The van der Waals surface area contributed by atoms with E-state index in [4.69, 9.17) is 5.11 Å². The monoisotopic (exact) mass is 627 g/mol. The van der Waals surface area contributed by atoms with Gasteiger partial charge in [0.15, 0.2) is 0 Å². The van der Waals surface area contributed by atoms with Crippen LogP contribution in [-0.2, 0) is 4.79 Å². The summed E-state index contributed by atoms with van der Waals surface area (Å²) in [4.78, 5) is 28.8. The highest BCUT2D eigenvalue weighted by Crippen LogP contribution is 2.41. The zero-order valence-corrected chi connectivity index (χ0v) is 17.7. The smallest absolute Gasteiger partial charge is 0.322 e. The van der Waals surface area contributed by atoms with Crippen LogP contribution in [0.25, 0.3) is 0 Å². The first-order valence-corrected chi connectivity index (χ1v) is 8.80. The Morgan fingerprint density at radius 3 is 2.24 bits per heavy atom. The van der Waals surface area contributed by atoms with Crippen molar-refractivity contribution in [3.8, 4) is 0 Å². The van der Waals surface area contributed by atoms with Crippen molar-refractivity contribution >= 4 is 97.7 Å². The zero-order chi connectivity index (χ0) is 16.3. The molecule has 0 spiro atoms. The summed E-state index contributed by atoms with van der Waals surface area (Å²) in [7, 11) is 3.75. The first kappa shape index (κ1) is 18.9. The van der Waals surface area contributed by atoms with Gasteiger partial charge in [-0.25, -0.2) is 0 Å². The van der Waals surface area contributed by atoms with Crippen molar-refractivity contribution in [3.63, 3.8) is 0 Å². The van der Waals surface area contributed by atoms with Gasteiger partial charge in [0.25, 0.3) is 5.91 Å². The van der Waals surface area contributed by atoms with Crippen LogP contribution in [0.5, 0.6) is 0 Å². The third-order valence-electron chi connectivity index (χ3n) is 2.50. The molecule has 1 aromatic carbocycles. The van der Waals surface area contributed by atoms with Gasteiger partial charge in [-0.3, -0.25) is 14.6 Å². The minimum absolute atomic E-state index is 0.420. The predicted octanol–water partition coefficient (Wildman–Crippen LogP) is 2.71. The lowest BCUT2D eigenvalue weighted by molar-refractivity contribution is -0.135. The van der Waals surface area contributed by atoms with Gasteiger partial charge in [-0.1, -0.05) is 0 Å². The molecular formula is C12H12I3N3O3. The highest BCUT2D eigenvalue weighted by atomic mass is 127. The Hall–Kier alpha value is -0.180. The Morgan fingerprint density at radius 2 is 1.81 bits per heavy atom. The molecule has 1 aromatic rings. The Labute approximate surface area is 163 Å². The van der Waals surface area contributed by atoms with E-state index in [1.165, 1.54) is 0 Å². The average Bonchev–Trinajstić information content (AvgIpc) is 2.36. The molecule has 0 unspecified atom stereocenters. The molecule has 1 amide bonds. The predicted molar refractivity (Wildman–Crippen MR) is 108 cm³/mol. The second-order valence-corrected chi connectivity index (χ2v) is 7.38. The van der Waals surface area contributed by atoms with Crippen molar-refractivity contribution in [1.82, 2.24) is 5.32 Å². The molecule has 0 aliphatic heterocycles. The molecule has 0 radical (unpaired) electrons. The van der Waals surface area contributed by atoms with Gasteiger partial charge >= 0.3 is 5.97 Å². The number of aliphatic imine (C=N–C) groups is 1. The highest BCUT2D eigenvalue weighted by molar-refractivity contribution is 14.1. The highest BCUT2D eigenvalue weighted by Gasteiger charge is 2.25. The van der Waals surface area contributed by atoms with Crippen LogP contribution in [-0.4, -0.2) is 44.3 Å². The second-order valence-electron chi connectivity index (χ2n) is 4.14. The molecule has 2 N–H and O–H groups in total. The number of benzene rings is 1.